The number of benzene rings is 1. The maximum atomic E-state index is 7.33. The van der Waals surface area contributed by atoms with Crippen molar-refractivity contribution in [3.05, 3.63) is 59.5 Å². The first-order valence-corrected chi connectivity index (χ1v) is 7.52. The Morgan fingerprint density at radius 3 is 2.72 bits per heavy atom. The van der Waals surface area contributed by atoms with Crippen LogP contribution in [0.4, 0.5) is 17.2 Å². The highest BCUT2D eigenvalue weighted by Gasteiger charge is 2.15. The molecule has 0 atom stereocenters. The average Bonchev–Trinajstić information content (AvgIpc) is 3.26. The van der Waals surface area contributed by atoms with Crippen molar-refractivity contribution in [3.63, 3.8) is 0 Å². The number of azo groups is 1. The molecule has 0 amide bonds. The standard InChI is InChI=1S/C16H13N9/c1-10-14(16-19-11(2)23-25(16)22-10)20-21-15-13(17-3)9-18-24(15)12-7-5-4-6-8-12/h4-9,22H,1-2H3. The first-order valence-electron chi connectivity index (χ1n) is 7.52. The molecule has 4 aromatic rings. The number of aromatic amines is 1. The predicted molar refractivity (Wildman–Crippen MR) is 90.8 cm³/mol. The molecule has 4 rings (SSSR count). The molecule has 0 saturated carbocycles. The van der Waals surface area contributed by atoms with Crippen LogP contribution in [0, 0.1) is 20.4 Å². The van der Waals surface area contributed by atoms with Crippen molar-refractivity contribution in [2.24, 2.45) is 10.2 Å². The Kier molecular flexibility index (Phi) is 3.36. The number of aromatic nitrogens is 6. The van der Waals surface area contributed by atoms with Crippen LogP contribution in [-0.2, 0) is 0 Å². The van der Waals surface area contributed by atoms with Crippen LogP contribution in [0.25, 0.3) is 16.2 Å². The monoisotopic (exact) mass is 331 g/mol. The van der Waals surface area contributed by atoms with Gasteiger partial charge in [0.05, 0.1) is 24.2 Å². The van der Waals surface area contributed by atoms with Gasteiger partial charge in [-0.3, -0.25) is 5.10 Å². The minimum absolute atomic E-state index is 0.328. The normalized spacial score (nSPS) is 11.4. The van der Waals surface area contributed by atoms with Gasteiger partial charge in [-0.1, -0.05) is 18.2 Å². The molecule has 9 heteroatoms. The first kappa shape index (κ1) is 14.8. The van der Waals surface area contributed by atoms with Crippen molar-refractivity contribution in [1.29, 1.82) is 0 Å². The molecule has 1 N–H and O–H groups in total. The number of nitrogens with one attached hydrogen (secondary N) is 1. The molecule has 9 nitrogen and oxygen atoms in total. The van der Waals surface area contributed by atoms with Crippen LogP contribution < -0.4 is 0 Å². The molecular weight excluding hydrogens is 318 g/mol. The molecule has 0 fully saturated rings. The van der Waals surface area contributed by atoms with Crippen LogP contribution in [0.2, 0.25) is 0 Å². The summed E-state index contributed by atoms with van der Waals surface area (Å²) < 4.78 is 3.15. The van der Waals surface area contributed by atoms with E-state index in [1.165, 1.54) is 6.20 Å². The highest BCUT2D eigenvalue weighted by atomic mass is 15.5. The molecule has 0 aliphatic rings. The van der Waals surface area contributed by atoms with Gasteiger partial charge in [-0.05, 0) is 26.0 Å². The molecule has 3 aromatic heterocycles. The first-order chi connectivity index (χ1) is 12.2. The Labute approximate surface area is 142 Å². The quantitative estimate of drug-likeness (QED) is 0.457. The number of hydrogen-bond donors (Lipinski definition) is 1. The molecule has 1 aromatic carbocycles. The summed E-state index contributed by atoms with van der Waals surface area (Å²) in [4.78, 5) is 7.82. The van der Waals surface area contributed by atoms with Crippen LogP contribution >= 0.6 is 0 Å². The third kappa shape index (κ3) is 2.46. The van der Waals surface area contributed by atoms with Gasteiger partial charge in [0.1, 0.15) is 5.82 Å². The summed E-state index contributed by atoms with van der Waals surface area (Å²) in [5.74, 6) is 1.01. The van der Waals surface area contributed by atoms with E-state index in [-0.39, 0.29) is 0 Å². The van der Waals surface area contributed by atoms with E-state index >= 15 is 0 Å². The van der Waals surface area contributed by atoms with Crippen molar-refractivity contribution in [3.8, 4) is 5.69 Å². The van der Waals surface area contributed by atoms with E-state index in [1.807, 2.05) is 37.3 Å². The van der Waals surface area contributed by atoms with Gasteiger partial charge in [0.25, 0.3) is 5.69 Å². The zero-order valence-corrected chi connectivity index (χ0v) is 13.5. The zero-order valence-electron chi connectivity index (χ0n) is 13.5. The number of para-hydroxylation sites is 1. The predicted octanol–water partition coefficient (Wildman–Crippen LogP) is 3.83. The fourth-order valence-electron chi connectivity index (χ4n) is 2.51. The van der Waals surface area contributed by atoms with Crippen LogP contribution in [-0.4, -0.2) is 29.6 Å². The third-order valence-electron chi connectivity index (χ3n) is 3.64. The fraction of sp³-hybridized carbons (Fsp3) is 0.125. The second kappa shape index (κ2) is 5.68. The van der Waals surface area contributed by atoms with Crippen LogP contribution in [0.5, 0.6) is 0 Å². The zero-order chi connectivity index (χ0) is 17.4. The maximum absolute atomic E-state index is 7.33. The number of rotatable bonds is 3. The summed E-state index contributed by atoms with van der Waals surface area (Å²) >= 11 is 0. The highest BCUT2D eigenvalue weighted by molar-refractivity contribution is 5.67. The topological polar surface area (TPSA) is 92.9 Å². The summed E-state index contributed by atoms with van der Waals surface area (Å²) in [6.07, 6.45) is 1.48. The summed E-state index contributed by atoms with van der Waals surface area (Å²) in [7, 11) is 0. The minimum Gasteiger partial charge on any atom is -0.278 e. The lowest BCUT2D eigenvalue weighted by Crippen LogP contribution is -1.94. The van der Waals surface area contributed by atoms with Gasteiger partial charge in [0, 0.05) is 0 Å². The fourth-order valence-corrected chi connectivity index (χ4v) is 2.51. The lowest BCUT2D eigenvalue weighted by atomic mass is 10.3. The smallest absolute Gasteiger partial charge is 0.252 e. The molecule has 0 saturated heterocycles. The number of nitrogens with zero attached hydrogens (tertiary/aromatic N) is 8. The molecular formula is C16H13N9. The van der Waals surface area contributed by atoms with Crippen molar-refractivity contribution < 1.29 is 0 Å². The Bertz CT molecular complexity index is 1120. The van der Waals surface area contributed by atoms with Gasteiger partial charge in [-0.15, -0.1) is 15.3 Å². The summed E-state index contributed by atoms with van der Waals surface area (Å²) in [5, 5.41) is 20.1. The van der Waals surface area contributed by atoms with Gasteiger partial charge < -0.3 is 0 Å². The Morgan fingerprint density at radius 1 is 1.16 bits per heavy atom. The van der Waals surface area contributed by atoms with E-state index in [0.717, 1.165) is 11.4 Å². The van der Waals surface area contributed by atoms with Gasteiger partial charge in [0.15, 0.2) is 11.5 Å². The SMILES string of the molecule is [C-]#[N+]c1cnn(-c2ccccc2)c1N=Nc1c(C)[nH]n2nc(C)nc12. The highest BCUT2D eigenvalue weighted by Crippen LogP contribution is 2.33. The second-order valence-corrected chi connectivity index (χ2v) is 5.39. The second-order valence-electron chi connectivity index (χ2n) is 5.39. The molecule has 122 valence electrons. The number of fused-ring (bicyclic) bond motifs is 1. The Balaban J connectivity index is 1.82. The molecule has 0 unspecified atom stereocenters. The molecule has 25 heavy (non-hydrogen) atoms. The van der Waals surface area contributed by atoms with Crippen molar-refractivity contribution in [1.82, 2.24) is 29.6 Å². The average molecular weight is 331 g/mol. The molecule has 0 aliphatic carbocycles. The van der Waals surface area contributed by atoms with Gasteiger partial charge >= 0.3 is 0 Å². The molecule has 0 bridgehead atoms. The third-order valence-corrected chi connectivity index (χ3v) is 3.64. The van der Waals surface area contributed by atoms with E-state index in [1.54, 1.807) is 16.2 Å². The van der Waals surface area contributed by atoms with Gasteiger partial charge in [-0.2, -0.15) is 9.73 Å². The lowest BCUT2D eigenvalue weighted by molar-refractivity contribution is 0.793. The van der Waals surface area contributed by atoms with Crippen LogP contribution in [0.1, 0.15) is 11.5 Å². The van der Waals surface area contributed by atoms with Crippen molar-refractivity contribution >= 4 is 22.8 Å². The minimum atomic E-state index is 0.328. The number of hydrogen-bond acceptors (Lipinski definition) is 5. The van der Waals surface area contributed by atoms with Crippen molar-refractivity contribution in [2.75, 3.05) is 0 Å². The Hall–Kier alpha value is -3.80. The van der Waals surface area contributed by atoms with E-state index < -0.39 is 0 Å². The number of H-pyrrole nitrogens is 1. The summed E-state index contributed by atoms with van der Waals surface area (Å²) in [6, 6.07) is 9.49. The van der Waals surface area contributed by atoms with E-state index in [2.05, 4.69) is 35.4 Å². The summed E-state index contributed by atoms with van der Waals surface area (Å²) in [6.45, 7) is 11.0. The van der Waals surface area contributed by atoms with Crippen LogP contribution in [0.3, 0.4) is 0 Å². The van der Waals surface area contributed by atoms with Gasteiger partial charge in [0.2, 0.25) is 5.65 Å². The molecule has 3 heterocycles. The van der Waals surface area contributed by atoms with Crippen molar-refractivity contribution in [2.45, 2.75) is 13.8 Å². The Morgan fingerprint density at radius 2 is 1.96 bits per heavy atom. The molecule has 0 spiro atoms. The van der Waals surface area contributed by atoms with E-state index in [0.29, 0.717) is 28.7 Å². The summed E-state index contributed by atoms with van der Waals surface area (Å²) in [5.41, 5.74) is 3.09. The molecule has 0 radical (unpaired) electrons. The molecule has 0 aliphatic heterocycles. The lowest BCUT2D eigenvalue weighted by Gasteiger charge is -2.03. The number of aryl methyl sites for hydroxylation is 2. The van der Waals surface area contributed by atoms with Gasteiger partial charge in [-0.25, -0.2) is 14.5 Å². The van der Waals surface area contributed by atoms with Crippen LogP contribution in [0.15, 0.2) is 46.8 Å². The van der Waals surface area contributed by atoms with E-state index in [9.17, 15) is 0 Å². The van der Waals surface area contributed by atoms with E-state index in [4.69, 9.17) is 6.57 Å². The largest absolute Gasteiger partial charge is 0.278 e. The maximum Gasteiger partial charge on any atom is 0.252 e.